The highest BCUT2D eigenvalue weighted by Crippen LogP contribution is 2.10. The molecule has 0 aliphatic heterocycles. The van der Waals surface area contributed by atoms with Crippen LogP contribution in [0.25, 0.3) is 0 Å². The van der Waals surface area contributed by atoms with Gasteiger partial charge in [-0.1, -0.05) is 19.8 Å². The molecule has 2 nitrogen and oxygen atoms in total. The second-order valence-corrected chi connectivity index (χ2v) is 4.15. The average Bonchev–Trinajstić information content (AvgIpc) is 2.35. The van der Waals surface area contributed by atoms with E-state index in [0.29, 0.717) is 0 Å². The zero-order valence-corrected chi connectivity index (χ0v) is 10.2. The normalized spacial score (nSPS) is 10.9. The first kappa shape index (κ1) is 11.3. The van der Waals surface area contributed by atoms with Gasteiger partial charge in [0.05, 0.1) is 12.2 Å². The summed E-state index contributed by atoms with van der Waals surface area (Å²) in [4.78, 5) is 0. The van der Waals surface area contributed by atoms with E-state index in [4.69, 9.17) is 0 Å². The number of rotatable bonds is 4. The summed E-state index contributed by atoms with van der Waals surface area (Å²) >= 11 is 0. The van der Waals surface area contributed by atoms with Crippen molar-refractivity contribution in [1.82, 2.24) is 4.68 Å². The lowest BCUT2D eigenvalue weighted by atomic mass is 10.2. The van der Waals surface area contributed by atoms with Gasteiger partial charge in [0.15, 0.2) is 7.05 Å². The standard InChI is InChI=1S/C12H23N2/c1-6-7-8-9-14-12(4)10(2)11(3)13(14)5/h6-9H2,1-5H3/q+1. The van der Waals surface area contributed by atoms with Crippen molar-refractivity contribution in [3.8, 4) is 0 Å². The van der Waals surface area contributed by atoms with E-state index in [1.54, 1.807) is 0 Å². The molecule has 2 heteroatoms. The molecule has 1 rings (SSSR count). The van der Waals surface area contributed by atoms with Gasteiger partial charge in [0.25, 0.3) is 0 Å². The summed E-state index contributed by atoms with van der Waals surface area (Å²) in [5.41, 5.74) is 4.24. The van der Waals surface area contributed by atoms with Gasteiger partial charge >= 0.3 is 0 Å². The maximum absolute atomic E-state index is 2.39. The maximum atomic E-state index is 2.39. The van der Waals surface area contributed by atoms with Crippen LogP contribution in [0.5, 0.6) is 0 Å². The Morgan fingerprint density at radius 1 is 1.14 bits per heavy atom. The third-order valence-electron chi connectivity index (χ3n) is 3.29. The van der Waals surface area contributed by atoms with Crippen molar-refractivity contribution >= 4 is 0 Å². The minimum atomic E-state index is 1.16. The van der Waals surface area contributed by atoms with Crippen LogP contribution >= 0.6 is 0 Å². The topological polar surface area (TPSA) is 8.81 Å². The maximum Gasteiger partial charge on any atom is 0.207 e. The van der Waals surface area contributed by atoms with Crippen LogP contribution in [0.15, 0.2) is 0 Å². The molecule has 0 aliphatic rings. The summed E-state index contributed by atoms with van der Waals surface area (Å²) in [5, 5.41) is 0. The third kappa shape index (κ3) is 1.99. The zero-order valence-electron chi connectivity index (χ0n) is 10.2. The fraction of sp³-hybridized carbons (Fsp3) is 0.750. The monoisotopic (exact) mass is 195 g/mol. The fourth-order valence-electron chi connectivity index (χ4n) is 1.93. The van der Waals surface area contributed by atoms with Crippen LogP contribution in [0.1, 0.15) is 43.1 Å². The minimum absolute atomic E-state index is 1.16. The molecule has 14 heavy (non-hydrogen) atoms. The van der Waals surface area contributed by atoms with Crippen LogP contribution in [0.3, 0.4) is 0 Å². The van der Waals surface area contributed by atoms with E-state index in [0.717, 1.165) is 6.54 Å². The molecular weight excluding hydrogens is 172 g/mol. The molecule has 0 fully saturated rings. The van der Waals surface area contributed by atoms with Gasteiger partial charge in [0.1, 0.15) is 0 Å². The quantitative estimate of drug-likeness (QED) is 0.515. The third-order valence-corrected chi connectivity index (χ3v) is 3.29. The van der Waals surface area contributed by atoms with E-state index in [2.05, 4.69) is 44.1 Å². The van der Waals surface area contributed by atoms with Gasteiger partial charge in [-0.15, -0.1) is 4.68 Å². The number of unbranched alkanes of at least 4 members (excludes halogenated alkanes) is 2. The molecule has 0 saturated carbocycles. The van der Waals surface area contributed by atoms with Crippen LogP contribution in [-0.4, -0.2) is 4.68 Å². The molecule has 80 valence electrons. The van der Waals surface area contributed by atoms with Crippen molar-refractivity contribution in [3.05, 3.63) is 17.0 Å². The lowest BCUT2D eigenvalue weighted by Gasteiger charge is -2.02. The summed E-state index contributed by atoms with van der Waals surface area (Å²) in [7, 11) is 2.15. The van der Waals surface area contributed by atoms with Gasteiger partial charge in [-0.2, -0.15) is 4.68 Å². The summed E-state index contributed by atoms with van der Waals surface area (Å²) in [6.45, 7) is 10.0. The van der Waals surface area contributed by atoms with Crippen LogP contribution in [0.2, 0.25) is 0 Å². The van der Waals surface area contributed by atoms with Gasteiger partial charge in [-0.05, 0) is 20.3 Å². The predicted octanol–water partition coefficient (Wildman–Crippen LogP) is 2.43. The van der Waals surface area contributed by atoms with E-state index in [1.165, 1.54) is 36.2 Å². The highest BCUT2D eigenvalue weighted by atomic mass is 15.4. The lowest BCUT2D eigenvalue weighted by Crippen LogP contribution is -2.41. The van der Waals surface area contributed by atoms with E-state index >= 15 is 0 Å². The molecule has 0 spiro atoms. The van der Waals surface area contributed by atoms with Gasteiger partial charge in [-0.25, -0.2) is 0 Å². The van der Waals surface area contributed by atoms with Crippen molar-refractivity contribution in [2.24, 2.45) is 7.05 Å². The first-order valence-electron chi connectivity index (χ1n) is 5.62. The Balaban J connectivity index is 2.81. The molecule has 0 N–H and O–H groups in total. The van der Waals surface area contributed by atoms with E-state index in [-0.39, 0.29) is 0 Å². The van der Waals surface area contributed by atoms with Crippen molar-refractivity contribution in [1.29, 1.82) is 0 Å². The fourth-order valence-corrected chi connectivity index (χ4v) is 1.93. The summed E-state index contributed by atoms with van der Waals surface area (Å²) < 4.78 is 4.67. The molecule has 0 saturated heterocycles. The highest BCUT2D eigenvalue weighted by Gasteiger charge is 2.17. The van der Waals surface area contributed by atoms with Gasteiger partial charge < -0.3 is 0 Å². The van der Waals surface area contributed by atoms with Gasteiger partial charge in [0.2, 0.25) is 5.69 Å². The summed E-state index contributed by atoms with van der Waals surface area (Å²) in [6.07, 6.45) is 3.91. The highest BCUT2D eigenvalue weighted by molar-refractivity contribution is 5.18. The molecule has 0 bridgehead atoms. The second kappa shape index (κ2) is 4.63. The zero-order chi connectivity index (χ0) is 10.7. The smallest absolute Gasteiger partial charge is 0.158 e. The molecule has 0 aromatic carbocycles. The SMILES string of the molecule is CCCCCn1c(C)c(C)c(C)[n+]1C. The van der Waals surface area contributed by atoms with Crippen LogP contribution in [0.4, 0.5) is 0 Å². The van der Waals surface area contributed by atoms with Crippen molar-refractivity contribution in [2.75, 3.05) is 0 Å². The van der Waals surface area contributed by atoms with Crippen LogP contribution in [-0.2, 0) is 13.6 Å². The first-order valence-corrected chi connectivity index (χ1v) is 5.62. The Kier molecular flexibility index (Phi) is 3.73. The molecule has 1 aromatic heterocycles. The molecule has 1 aromatic rings. The van der Waals surface area contributed by atoms with Crippen molar-refractivity contribution in [2.45, 2.75) is 53.5 Å². The number of aromatic nitrogens is 2. The largest absolute Gasteiger partial charge is 0.207 e. The Morgan fingerprint density at radius 2 is 1.79 bits per heavy atom. The van der Waals surface area contributed by atoms with Crippen LogP contribution in [0, 0.1) is 20.8 Å². The number of hydrogen-bond acceptors (Lipinski definition) is 0. The predicted molar refractivity (Wildman–Crippen MR) is 59.3 cm³/mol. The Labute approximate surface area is 87.5 Å². The Bertz CT molecular complexity index is 285. The van der Waals surface area contributed by atoms with E-state index in [9.17, 15) is 0 Å². The van der Waals surface area contributed by atoms with E-state index < -0.39 is 0 Å². The van der Waals surface area contributed by atoms with Crippen LogP contribution < -0.4 is 4.68 Å². The molecular formula is C12H23N2+. The second-order valence-electron chi connectivity index (χ2n) is 4.15. The van der Waals surface area contributed by atoms with E-state index in [1.807, 2.05) is 0 Å². The Morgan fingerprint density at radius 3 is 2.21 bits per heavy atom. The molecule has 0 atom stereocenters. The summed E-state index contributed by atoms with van der Waals surface area (Å²) in [5.74, 6) is 0. The molecule has 0 amide bonds. The number of nitrogens with zero attached hydrogens (tertiary/aromatic N) is 2. The van der Waals surface area contributed by atoms with Gasteiger partial charge in [0, 0.05) is 12.5 Å². The van der Waals surface area contributed by atoms with Crippen molar-refractivity contribution < 1.29 is 4.68 Å². The Hall–Kier alpha value is -0.790. The summed E-state index contributed by atoms with van der Waals surface area (Å²) in [6, 6.07) is 0. The van der Waals surface area contributed by atoms with Gasteiger partial charge in [-0.3, -0.25) is 0 Å². The molecule has 0 radical (unpaired) electrons. The average molecular weight is 195 g/mol. The minimum Gasteiger partial charge on any atom is -0.158 e. The molecule has 1 heterocycles. The molecule has 0 unspecified atom stereocenters. The van der Waals surface area contributed by atoms with Crippen molar-refractivity contribution in [3.63, 3.8) is 0 Å². The number of hydrogen-bond donors (Lipinski definition) is 0. The lowest BCUT2D eigenvalue weighted by molar-refractivity contribution is -0.759. The first-order chi connectivity index (χ1) is 6.59. The molecule has 0 aliphatic carbocycles.